The van der Waals surface area contributed by atoms with Gasteiger partial charge in [-0.15, -0.1) is 0 Å². The van der Waals surface area contributed by atoms with Crippen molar-refractivity contribution < 1.29 is 8.42 Å². The van der Waals surface area contributed by atoms with Crippen LogP contribution in [0.3, 0.4) is 0 Å². The van der Waals surface area contributed by atoms with Crippen molar-refractivity contribution in [3.8, 4) is 0 Å². The lowest BCUT2D eigenvalue weighted by atomic mass is 9.91. The van der Waals surface area contributed by atoms with Gasteiger partial charge < -0.3 is 0 Å². The number of nitrogens with zero attached hydrogens (tertiary/aromatic N) is 1. The van der Waals surface area contributed by atoms with Crippen LogP contribution >= 0.6 is 0 Å². The first kappa shape index (κ1) is 10.6. The van der Waals surface area contributed by atoms with Crippen molar-refractivity contribution in [1.82, 2.24) is 4.98 Å². The summed E-state index contributed by atoms with van der Waals surface area (Å²) in [6.07, 6.45) is 1.74. The minimum Gasteiger partial charge on any atom is -0.261 e. The summed E-state index contributed by atoms with van der Waals surface area (Å²) in [6.45, 7) is 4.09. The molecule has 0 spiro atoms. The second-order valence-corrected chi connectivity index (χ2v) is 6.56. The molecular formula is C11H15NO2S. The highest BCUT2D eigenvalue weighted by Gasteiger charge is 2.32. The summed E-state index contributed by atoms with van der Waals surface area (Å²) in [5.74, 6) is 0.766. The summed E-state index contributed by atoms with van der Waals surface area (Å²) in [5.41, 5.74) is 1.85. The highest BCUT2D eigenvalue weighted by atomic mass is 32.2. The lowest BCUT2D eigenvalue weighted by Crippen LogP contribution is -2.27. The fraction of sp³-hybridized carbons (Fsp3) is 0.545. The molecule has 0 N–H and O–H groups in total. The summed E-state index contributed by atoms with van der Waals surface area (Å²) in [7, 11) is -2.93. The molecule has 0 saturated heterocycles. The molecule has 0 aromatic carbocycles. The van der Waals surface area contributed by atoms with Crippen LogP contribution in [0.2, 0.25) is 0 Å². The van der Waals surface area contributed by atoms with Gasteiger partial charge in [-0.1, -0.05) is 19.9 Å². The van der Waals surface area contributed by atoms with Gasteiger partial charge in [-0.25, -0.2) is 8.42 Å². The Morgan fingerprint density at radius 3 is 2.87 bits per heavy atom. The van der Waals surface area contributed by atoms with Gasteiger partial charge in [-0.2, -0.15) is 0 Å². The zero-order chi connectivity index (χ0) is 11.1. The molecule has 82 valence electrons. The third-order valence-corrected chi connectivity index (χ3v) is 4.51. The maximum Gasteiger partial charge on any atom is 0.155 e. The molecule has 3 nitrogen and oxygen atoms in total. The third kappa shape index (κ3) is 2.04. The molecule has 2 heterocycles. The summed E-state index contributed by atoms with van der Waals surface area (Å²) in [4.78, 5) is 4.32. The van der Waals surface area contributed by atoms with Gasteiger partial charge in [0.1, 0.15) is 0 Å². The number of pyridine rings is 1. The largest absolute Gasteiger partial charge is 0.261 e. The second-order valence-electron chi connectivity index (χ2n) is 4.45. The van der Waals surface area contributed by atoms with Crippen LogP contribution in [0.15, 0.2) is 18.3 Å². The lowest BCUT2D eigenvalue weighted by molar-refractivity contribution is 0.500. The van der Waals surface area contributed by atoms with Crippen molar-refractivity contribution >= 4 is 9.84 Å². The smallest absolute Gasteiger partial charge is 0.155 e. The molecule has 1 aliphatic rings. The van der Waals surface area contributed by atoms with E-state index in [2.05, 4.69) is 4.98 Å². The number of aromatic nitrogens is 1. The number of sulfone groups is 1. The van der Waals surface area contributed by atoms with Crippen LogP contribution in [0.25, 0.3) is 0 Å². The van der Waals surface area contributed by atoms with Crippen molar-refractivity contribution in [3.63, 3.8) is 0 Å². The van der Waals surface area contributed by atoms with E-state index in [1.165, 1.54) is 0 Å². The molecule has 0 amide bonds. The van der Waals surface area contributed by atoms with Crippen molar-refractivity contribution in [2.24, 2.45) is 5.92 Å². The first-order chi connectivity index (χ1) is 6.99. The minimum atomic E-state index is -2.93. The monoisotopic (exact) mass is 225 g/mol. The first-order valence-electron chi connectivity index (χ1n) is 5.14. The molecule has 15 heavy (non-hydrogen) atoms. The summed E-state index contributed by atoms with van der Waals surface area (Å²) >= 11 is 0. The predicted molar refractivity (Wildman–Crippen MR) is 59.3 cm³/mol. The topological polar surface area (TPSA) is 47.0 Å². The van der Waals surface area contributed by atoms with Gasteiger partial charge in [0, 0.05) is 17.8 Å². The van der Waals surface area contributed by atoms with E-state index in [1.54, 1.807) is 12.3 Å². The van der Waals surface area contributed by atoms with Crippen LogP contribution in [0.5, 0.6) is 0 Å². The molecule has 1 aromatic rings. The van der Waals surface area contributed by atoms with Crippen LogP contribution in [0.1, 0.15) is 31.0 Å². The molecule has 0 aliphatic carbocycles. The lowest BCUT2D eigenvalue weighted by Gasteiger charge is -2.26. The zero-order valence-electron chi connectivity index (χ0n) is 8.97. The maximum absolute atomic E-state index is 11.7. The Bertz CT molecular complexity index is 465. The van der Waals surface area contributed by atoms with Gasteiger partial charge in [-0.3, -0.25) is 4.98 Å². The van der Waals surface area contributed by atoms with Gasteiger partial charge in [0.25, 0.3) is 0 Å². The number of rotatable bonds is 1. The average molecular weight is 225 g/mol. The fourth-order valence-corrected chi connectivity index (χ4v) is 3.99. The minimum absolute atomic E-state index is 0.0555. The number of fused-ring (bicyclic) bond motifs is 1. The highest BCUT2D eigenvalue weighted by Crippen LogP contribution is 2.32. The number of hydrogen-bond acceptors (Lipinski definition) is 3. The van der Waals surface area contributed by atoms with E-state index in [-0.39, 0.29) is 17.4 Å². The number of hydrogen-bond donors (Lipinski definition) is 0. The Balaban J connectivity index is 2.52. The molecule has 0 radical (unpaired) electrons. The van der Waals surface area contributed by atoms with Crippen LogP contribution in [0.4, 0.5) is 0 Å². The van der Waals surface area contributed by atoms with Crippen LogP contribution in [-0.2, 0) is 15.6 Å². The van der Waals surface area contributed by atoms with Crippen molar-refractivity contribution in [2.75, 3.05) is 5.75 Å². The van der Waals surface area contributed by atoms with Crippen LogP contribution in [-0.4, -0.2) is 19.2 Å². The van der Waals surface area contributed by atoms with Crippen LogP contribution in [0, 0.1) is 5.92 Å². The molecular weight excluding hydrogens is 210 g/mol. The third-order valence-electron chi connectivity index (χ3n) is 2.89. The van der Waals surface area contributed by atoms with E-state index in [4.69, 9.17) is 0 Å². The maximum atomic E-state index is 11.7. The summed E-state index contributed by atoms with van der Waals surface area (Å²) in [5, 5.41) is 0. The van der Waals surface area contributed by atoms with Gasteiger partial charge >= 0.3 is 0 Å². The Morgan fingerprint density at radius 1 is 1.47 bits per heavy atom. The van der Waals surface area contributed by atoms with Crippen molar-refractivity contribution in [3.05, 3.63) is 29.6 Å². The standard InChI is InChI=1S/C11H15NO2S/c1-8(2)10-7-15(13,14)6-9-4-3-5-12-11(9)10/h3-5,8,10H,6-7H2,1-2H3. The molecule has 4 heteroatoms. The van der Waals surface area contributed by atoms with E-state index in [0.717, 1.165) is 11.3 Å². The van der Waals surface area contributed by atoms with Crippen molar-refractivity contribution in [2.45, 2.75) is 25.5 Å². The second kappa shape index (κ2) is 3.59. The molecule has 1 atom stereocenters. The average Bonchev–Trinajstić information content (AvgIpc) is 2.14. The first-order valence-corrected chi connectivity index (χ1v) is 6.96. The zero-order valence-corrected chi connectivity index (χ0v) is 9.79. The van der Waals surface area contributed by atoms with E-state index in [9.17, 15) is 8.42 Å². The van der Waals surface area contributed by atoms with Crippen molar-refractivity contribution in [1.29, 1.82) is 0 Å². The predicted octanol–water partition coefficient (Wildman–Crippen LogP) is 1.75. The summed E-state index contributed by atoms with van der Waals surface area (Å²) in [6, 6.07) is 3.67. The van der Waals surface area contributed by atoms with Gasteiger partial charge in [0.15, 0.2) is 9.84 Å². The van der Waals surface area contributed by atoms with E-state index < -0.39 is 9.84 Å². The van der Waals surface area contributed by atoms with Gasteiger partial charge in [-0.05, 0) is 17.5 Å². The molecule has 2 rings (SSSR count). The normalized spacial score (nSPS) is 23.8. The summed E-state index contributed by atoms with van der Waals surface area (Å²) < 4.78 is 23.4. The Morgan fingerprint density at radius 2 is 2.20 bits per heavy atom. The Hall–Kier alpha value is -0.900. The molecule has 0 fully saturated rings. The van der Waals surface area contributed by atoms with Gasteiger partial charge in [0.05, 0.1) is 11.5 Å². The van der Waals surface area contributed by atoms with Crippen LogP contribution < -0.4 is 0 Å². The van der Waals surface area contributed by atoms with E-state index in [0.29, 0.717) is 5.92 Å². The fourth-order valence-electron chi connectivity index (χ4n) is 2.06. The van der Waals surface area contributed by atoms with Gasteiger partial charge in [0.2, 0.25) is 0 Å². The molecule has 1 aliphatic heterocycles. The van der Waals surface area contributed by atoms with E-state index >= 15 is 0 Å². The SMILES string of the molecule is CC(C)C1CS(=O)(=O)Cc2cccnc21. The highest BCUT2D eigenvalue weighted by molar-refractivity contribution is 7.90. The Labute approximate surface area is 90.5 Å². The molecule has 0 saturated carbocycles. The molecule has 1 aromatic heterocycles. The molecule has 1 unspecified atom stereocenters. The van der Waals surface area contributed by atoms with E-state index in [1.807, 2.05) is 19.9 Å². The Kier molecular flexibility index (Phi) is 2.54. The quantitative estimate of drug-likeness (QED) is 0.731. The molecule has 0 bridgehead atoms.